The van der Waals surface area contributed by atoms with Crippen LogP contribution in [-0.2, 0) is 9.53 Å². The molecule has 1 aliphatic heterocycles. The molecular formula is C26H24N2O4. The number of nitrogens with zero attached hydrogens (tertiary/aromatic N) is 2. The van der Waals surface area contributed by atoms with Crippen LogP contribution in [-0.4, -0.2) is 35.0 Å². The molecule has 4 rings (SSSR count). The summed E-state index contributed by atoms with van der Waals surface area (Å²) in [6.07, 6.45) is -0.707. The Morgan fingerprint density at radius 1 is 0.875 bits per heavy atom. The van der Waals surface area contributed by atoms with Gasteiger partial charge < -0.3 is 4.74 Å². The van der Waals surface area contributed by atoms with Crippen LogP contribution in [0.1, 0.15) is 35.8 Å². The number of hydrogen-bond donors (Lipinski definition) is 0. The molecule has 6 heteroatoms. The second-order valence-corrected chi connectivity index (χ2v) is 8.23. The summed E-state index contributed by atoms with van der Waals surface area (Å²) in [6, 6.07) is 25.7. The molecule has 1 unspecified atom stereocenters. The minimum Gasteiger partial charge on any atom is -0.447 e. The maximum absolute atomic E-state index is 14.0. The van der Waals surface area contributed by atoms with E-state index in [4.69, 9.17) is 4.74 Å². The number of anilines is 1. The van der Waals surface area contributed by atoms with Crippen LogP contribution in [0, 0.1) is 0 Å². The van der Waals surface area contributed by atoms with Gasteiger partial charge in [0.05, 0.1) is 5.54 Å². The molecular weight excluding hydrogens is 404 g/mol. The first-order chi connectivity index (χ1) is 15.4. The number of rotatable bonds is 5. The number of ether oxygens (including phenoxy) is 1. The molecule has 1 saturated heterocycles. The summed E-state index contributed by atoms with van der Waals surface area (Å²) >= 11 is 0. The summed E-state index contributed by atoms with van der Waals surface area (Å²) in [5.74, 6) is -0.860. The highest BCUT2D eigenvalue weighted by atomic mass is 16.6. The molecule has 0 spiro atoms. The number of carbonyl (C=O) groups excluding carboxylic acids is 3. The summed E-state index contributed by atoms with van der Waals surface area (Å²) in [5.41, 5.74) is 0.753. The lowest BCUT2D eigenvalue weighted by atomic mass is 9.98. The number of imide groups is 1. The Hall–Kier alpha value is -3.93. The fourth-order valence-electron chi connectivity index (χ4n) is 3.85. The van der Waals surface area contributed by atoms with Crippen LogP contribution < -0.4 is 4.90 Å². The number of para-hydroxylation sites is 1. The Morgan fingerprint density at radius 2 is 1.41 bits per heavy atom. The summed E-state index contributed by atoms with van der Waals surface area (Å²) in [7, 11) is 0. The predicted molar refractivity (Wildman–Crippen MR) is 121 cm³/mol. The minimum atomic E-state index is -1.06. The largest absolute Gasteiger partial charge is 0.447 e. The van der Waals surface area contributed by atoms with Crippen LogP contribution >= 0.6 is 0 Å². The van der Waals surface area contributed by atoms with E-state index >= 15 is 0 Å². The molecule has 162 valence electrons. The van der Waals surface area contributed by atoms with E-state index in [0.717, 1.165) is 4.90 Å². The van der Waals surface area contributed by atoms with Crippen molar-refractivity contribution in [3.63, 3.8) is 0 Å². The average molecular weight is 428 g/mol. The molecule has 1 aliphatic rings. The Balaban J connectivity index is 1.89. The zero-order chi connectivity index (χ0) is 22.7. The van der Waals surface area contributed by atoms with Gasteiger partial charge >= 0.3 is 6.09 Å². The van der Waals surface area contributed by atoms with Crippen molar-refractivity contribution in [3.05, 3.63) is 102 Å². The van der Waals surface area contributed by atoms with Gasteiger partial charge in [-0.05, 0) is 43.7 Å². The van der Waals surface area contributed by atoms with Crippen molar-refractivity contribution in [3.8, 4) is 0 Å². The van der Waals surface area contributed by atoms with Crippen molar-refractivity contribution in [2.75, 3.05) is 11.5 Å². The molecule has 0 aromatic heterocycles. The third kappa shape index (κ3) is 3.99. The number of amides is 3. The van der Waals surface area contributed by atoms with E-state index in [0.29, 0.717) is 16.8 Å². The smallest absolute Gasteiger partial charge is 0.417 e. The molecule has 6 nitrogen and oxygen atoms in total. The van der Waals surface area contributed by atoms with Crippen LogP contribution in [0.5, 0.6) is 0 Å². The van der Waals surface area contributed by atoms with Crippen LogP contribution in [0.2, 0.25) is 0 Å². The van der Waals surface area contributed by atoms with Gasteiger partial charge in [0, 0.05) is 11.3 Å². The van der Waals surface area contributed by atoms with Gasteiger partial charge in [0.1, 0.15) is 12.6 Å². The van der Waals surface area contributed by atoms with E-state index in [1.807, 2.05) is 18.2 Å². The van der Waals surface area contributed by atoms with Crippen molar-refractivity contribution in [1.82, 2.24) is 4.90 Å². The van der Waals surface area contributed by atoms with Gasteiger partial charge in [-0.3, -0.25) is 14.5 Å². The van der Waals surface area contributed by atoms with Crippen molar-refractivity contribution in [2.24, 2.45) is 0 Å². The summed E-state index contributed by atoms with van der Waals surface area (Å²) in [4.78, 5) is 42.8. The predicted octanol–water partition coefficient (Wildman–Crippen LogP) is 4.83. The first-order valence-corrected chi connectivity index (χ1v) is 10.4. The highest BCUT2D eigenvalue weighted by Crippen LogP contribution is 2.34. The van der Waals surface area contributed by atoms with Gasteiger partial charge in [0.25, 0.3) is 11.8 Å². The Bertz CT molecular complexity index is 1110. The Morgan fingerprint density at radius 3 is 1.94 bits per heavy atom. The van der Waals surface area contributed by atoms with E-state index in [1.54, 1.807) is 86.6 Å². The van der Waals surface area contributed by atoms with Crippen LogP contribution in [0.25, 0.3) is 0 Å². The van der Waals surface area contributed by atoms with Crippen LogP contribution in [0.15, 0.2) is 91.0 Å². The first-order valence-electron chi connectivity index (χ1n) is 10.4. The summed E-state index contributed by atoms with van der Waals surface area (Å²) < 4.78 is 5.18. The lowest BCUT2D eigenvalue weighted by Crippen LogP contribution is -2.52. The quantitative estimate of drug-likeness (QED) is 0.584. The van der Waals surface area contributed by atoms with E-state index in [1.165, 1.54) is 4.90 Å². The maximum atomic E-state index is 14.0. The van der Waals surface area contributed by atoms with E-state index < -0.39 is 23.6 Å². The van der Waals surface area contributed by atoms with Gasteiger partial charge in [0.2, 0.25) is 0 Å². The van der Waals surface area contributed by atoms with Crippen molar-refractivity contribution in [2.45, 2.75) is 25.4 Å². The second kappa shape index (κ2) is 8.67. The van der Waals surface area contributed by atoms with Gasteiger partial charge in [-0.1, -0.05) is 66.7 Å². The Kier molecular flexibility index (Phi) is 5.77. The first kappa shape index (κ1) is 21.3. The molecule has 1 atom stereocenters. The van der Waals surface area contributed by atoms with Crippen molar-refractivity contribution >= 4 is 23.6 Å². The maximum Gasteiger partial charge on any atom is 0.417 e. The summed E-state index contributed by atoms with van der Waals surface area (Å²) in [6.45, 7) is 3.63. The zero-order valence-electron chi connectivity index (χ0n) is 18.0. The van der Waals surface area contributed by atoms with Crippen molar-refractivity contribution < 1.29 is 19.1 Å². The van der Waals surface area contributed by atoms with E-state index in [2.05, 4.69) is 0 Å². The lowest BCUT2D eigenvalue weighted by Gasteiger charge is -2.36. The highest BCUT2D eigenvalue weighted by Gasteiger charge is 2.48. The van der Waals surface area contributed by atoms with E-state index in [-0.39, 0.29) is 12.5 Å². The Labute approximate surface area is 187 Å². The molecule has 1 heterocycles. The zero-order valence-corrected chi connectivity index (χ0v) is 18.0. The molecule has 3 aromatic rings. The van der Waals surface area contributed by atoms with Gasteiger partial charge in [-0.2, -0.15) is 0 Å². The molecule has 1 fully saturated rings. The molecule has 0 aliphatic carbocycles. The number of benzene rings is 3. The molecule has 3 aromatic carbocycles. The SMILES string of the molecule is CC1(C)COC(=O)N1C(=O)C(c1ccccc1)N(C(=O)c1ccccc1)c1ccccc1. The molecule has 0 saturated carbocycles. The second-order valence-electron chi connectivity index (χ2n) is 8.23. The number of hydrogen-bond acceptors (Lipinski definition) is 4. The van der Waals surface area contributed by atoms with Crippen molar-refractivity contribution in [1.29, 1.82) is 0 Å². The highest BCUT2D eigenvalue weighted by molar-refractivity contribution is 6.11. The fourth-order valence-corrected chi connectivity index (χ4v) is 3.85. The minimum absolute atomic E-state index is 0.0943. The standard InChI is InChI=1S/C26H24N2O4/c1-26(2)18-32-25(31)28(26)24(30)22(19-12-6-3-7-13-19)27(21-16-10-5-11-17-21)23(29)20-14-8-4-9-15-20/h3-17,22H,18H2,1-2H3. The normalized spacial score (nSPS) is 15.7. The molecule has 3 amide bonds. The number of cyclic esters (lactones) is 1. The van der Waals surface area contributed by atoms with Gasteiger partial charge in [0.15, 0.2) is 0 Å². The number of carbonyl (C=O) groups is 3. The lowest BCUT2D eigenvalue weighted by molar-refractivity contribution is -0.132. The summed E-state index contributed by atoms with van der Waals surface area (Å²) in [5, 5.41) is 0. The van der Waals surface area contributed by atoms with Gasteiger partial charge in [-0.25, -0.2) is 9.69 Å². The molecule has 0 bridgehead atoms. The molecule has 32 heavy (non-hydrogen) atoms. The third-order valence-corrected chi connectivity index (χ3v) is 5.44. The molecule has 0 N–H and O–H groups in total. The van der Waals surface area contributed by atoms with Gasteiger partial charge in [-0.15, -0.1) is 0 Å². The third-order valence-electron chi connectivity index (χ3n) is 5.44. The van der Waals surface area contributed by atoms with Crippen LogP contribution in [0.4, 0.5) is 10.5 Å². The average Bonchev–Trinajstić information content (AvgIpc) is 3.10. The molecule has 0 radical (unpaired) electrons. The topological polar surface area (TPSA) is 66.9 Å². The van der Waals surface area contributed by atoms with E-state index in [9.17, 15) is 14.4 Å². The fraction of sp³-hybridized carbons (Fsp3) is 0.192. The van der Waals surface area contributed by atoms with Crippen LogP contribution in [0.3, 0.4) is 0 Å². The monoisotopic (exact) mass is 428 g/mol.